The van der Waals surface area contributed by atoms with Crippen LogP contribution in [0.5, 0.6) is 5.75 Å². The van der Waals surface area contributed by atoms with Crippen molar-refractivity contribution in [3.05, 3.63) is 42.5 Å². The van der Waals surface area contributed by atoms with Gasteiger partial charge >= 0.3 is 5.97 Å². The summed E-state index contributed by atoms with van der Waals surface area (Å²) in [6.07, 6.45) is 5.06. The van der Waals surface area contributed by atoms with Crippen LogP contribution in [0, 0.1) is 0 Å². The smallest absolute Gasteiger partial charge is 0.302 e. The normalized spacial score (nSPS) is 10.8. The van der Waals surface area contributed by atoms with Gasteiger partial charge in [-0.3, -0.25) is 4.79 Å². The molecule has 0 unspecified atom stereocenters. The Bertz CT molecular complexity index is 1380. The van der Waals surface area contributed by atoms with E-state index in [0.29, 0.717) is 46.9 Å². The number of fused-ring (bicyclic) bond motifs is 2. The van der Waals surface area contributed by atoms with Crippen LogP contribution >= 0.6 is 23.1 Å². The van der Waals surface area contributed by atoms with E-state index in [1.54, 1.807) is 24.6 Å². The molecule has 0 fully saturated rings. The minimum atomic E-state index is -0.304. The zero-order valence-electron chi connectivity index (χ0n) is 18.4. The third-order valence-electron chi connectivity index (χ3n) is 4.49. The highest BCUT2D eigenvalue weighted by Crippen LogP contribution is 2.30. The molecule has 0 amide bonds. The van der Waals surface area contributed by atoms with E-state index in [4.69, 9.17) is 19.6 Å². The van der Waals surface area contributed by atoms with E-state index < -0.39 is 0 Å². The van der Waals surface area contributed by atoms with Crippen molar-refractivity contribution >= 4 is 56.3 Å². The number of methoxy groups -OCH3 is 1. The van der Waals surface area contributed by atoms with Crippen molar-refractivity contribution in [2.75, 3.05) is 19.5 Å². The van der Waals surface area contributed by atoms with E-state index in [2.05, 4.69) is 24.9 Å². The lowest BCUT2D eigenvalue weighted by atomic mass is 10.3. The second-order valence-corrected chi connectivity index (χ2v) is 8.50. The number of hydrogen-bond donors (Lipinski definition) is 1. The molecule has 0 spiro atoms. The van der Waals surface area contributed by atoms with Gasteiger partial charge in [-0.25, -0.2) is 24.9 Å². The summed E-state index contributed by atoms with van der Waals surface area (Å²) >= 11 is 2.87. The van der Waals surface area contributed by atoms with Crippen LogP contribution in [-0.2, 0) is 16.1 Å². The van der Waals surface area contributed by atoms with Gasteiger partial charge < -0.3 is 24.2 Å². The Morgan fingerprint density at radius 3 is 2.91 bits per heavy atom. The highest BCUT2D eigenvalue weighted by atomic mass is 32.2. The van der Waals surface area contributed by atoms with Crippen molar-refractivity contribution < 1.29 is 18.7 Å². The van der Waals surface area contributed by atoms with E-state index in [1.807, 2.05) is 28.3 Å². The number of aryl methyl sites for hydroxylation is 1. The zero-order chi connectivity index (χ0) is 23.9. The van der Waals surface area contributed by atoms with Gasteiger partial charge in [0, 0.05) is 25.2 Å². The number of oxazole rings is 1. The van der Waals surface area contributed by atoms with Crippen LogP contribution in [0.4, 0.5) is 5.82 Å². The number of imidazole rings is 1. The maximum absolute atomic E-state index is 10.8. The third-order valence-corrected chi connectivity index (χ3v) is 6.21. The van der Waals surface area contributed by atoms with Crippen molar-refractivity contribution in [2.24, 2.45) is 0 Å². The summed E-state index contributed by atoms with van der Waals surface area (Å²) in [6, 6.07) is 5.87. The Labute approximate surface area is 202 Å². The minimum absolute atomic E-state index is 0.304. The van der Waals surface area contributed by atoms with Crippen molar-refractivity contribution in [3.63, 3.8) is 0 Å². The molecular weight excluding hydrogens is 478 g/mol. The van der Waals surface area contributed by atoms with Gasteiger partial charge in [0.1, 0.15) is 18.3 Å². The summed E-state index contributed by atoms with van der Waals surface area (Å²) in [5.41, 5.74) is 9.84. The second kappa shape index (κ2) is 10.9. The quantitative estimate of drug-likeness (QED) is 0.258. The lowest BCUT2D eigenvalue weighted by molar-refractivity contribution is -0.141. The molecular formula is C21H21N7O4S2. The molecule has 34 heavy (non-hydrogen) atoms. The number of aromatic nitrogens is 6. The molecule has 0 aliphatic rings. The molecule has 13 heteroatoms. The number of nitrogens with two attached hydrogens (primary N) is 1. The molecule has 2 N–H and O–H groups in total. The number of esters is 1. The molecule has 176 valence electrons. The van der Waals surface area contributed by atoms with Gasteiger partial charge in [0.2, 0.25) is 0 Å². The van der Waals surface area contributed by atoms with E-state index in [9.17, 15) is 4.79 Å². The molecule has 5 aromatic rings. The average Bonchev–Trinajstić information content (AvgIpc) is 3.58. The van der Waals surface area contributed by atoms with Crippen LogP contribution in [-0.4, -0.2) is 49.2 Å². The first-order valence-corrected chi connectivity index (χ1v) is 11.8. The number of ether oxygens (including phenoxy) is 2. The Morgan fingerprint density at radius 2 is 2.15 bits per heavy atom. The number of thiazole rings is 1. The maximum atomic E-state index is 10.8. The van der Waals surface area contributed by atoms with Gasteiger partial charge in [0.25, 0.3) is 5.22 Å². The summed E-state index contributed by atoms with van der Waals surface area (Å²) < 4.78 is 18.3. The standard InChI is InChI=1S/C13H14N6O3S.C8H7NOS/c1-8(20)21-5-2-4-19-11-9(10(14)16-7-17-11)18-12(19)23-13-15-3-6-22-13;1-10-7-4-2-3-6-8(7)11-5-9-6/h3,6-7H,2,4-5H2,1H3,(H2,14,16,17);2-5H,1H3. The Kier molecular flexibility index (Phi) is 7.54. The predicted octanol–water partition coefficient (Wildman–Crippen LogP) is 3.81. The Balaban J connectivity index is 0.000000207. The third kappa shape index (κ3) is 5.43. The molecule has 0 aliphatic carbocycles. The van der Waals surface area contributed by atoms with Gasteiger partial charge in [-0.2, -0.15) is 0 Å². The fourth-order valence-electron chi connectivity index (χ4n) is 3.01. The first-order chi connectivity index (χ1) is 16.6. The van der Waals surface area contributed by atoms with Gasteiger partial charge in [-0.1, -0.05) is 6.07 Å². The number of nitrogens with zero attached hydrogens (tertiary/aromatic N) is 6. The summed E-state index contributed by atoms with van der Waals surface area (Å²) in [6.45, 7) is 2.26. The summed E-state index contributed by atoms with van der Waals surface area (Å²) in [5, 5.41) is 1.10. The molecule has 0 radical (unpaired) electrons. The van der Waals surface area contributed by atoms with Gasteiger partial charge in [0.05, 0.1) is 35.6 Å². The van der Waals surface area contributed by atoms with Crippen LogP contribution in [0.15, 0.2) is 57.3 Å². The zero-order valence-corrected chi connectivity index (χ0v) is 20.0. The van der Waals surface area contributed by atoms with Crippen LogP contribution in [0.1, 0.15) is 13.3 Å². The molecule has 5 rings (SSSR count). The topological polar surface area (TPSA) is 144 Å². The maximum Gasteiger partial charge on any atom is 0.302 e. The second-order valence-electron chi connectivity index (χ2n) is 6.73. The molecule has 11 nitrogen and oxygen atoms in total. The molecule has 0 aliphatic heterocycles. The lowest BCUT2D eigenvalue weighted by Gasteiger charge is -2.07. The van der Waals surface area contributed by atoms with E-state index in [1.165, 1.54) is 31.3 Å². The number of rotatable bonds is 7. The monoisotopic (exact) mass is 499 g/mol. The first-order valence-electron chi connectivity index (χ1n) is 10.1. The molecule has 0 bridgehead atoms. The van der Waals surface area contributed by atoms with Crippen molar-refractivity contribution in [2.45, 2.75) is 30.3 Å². The van der Waals surface area contributed by atoms with E-state index in [-0.39, 0.29) is 5.97 Å². The highest BCUT2D eigenvalue weighted by molar-refractivity contribution is 7.99. The molecule has 0 atom stereocenters. The number of hydrogen-bond acceptors (Lipinski definition) is 12. The van der Waals surface area contributed by atoms with E-state index >= 15 is 0 Å². The molecule has 4 heterocycles. The number of carbonyl (C=O) groups is 1. The Morgan fingerprint density at radius 1 is 1.26 bits per heavy atom. The fourth-order valence-corrected chi connectivity index (χ4v) is 4.59. The molecule has 0 saturated carbocycles. The molecule has 0 saturated heterocycles. The fraction of sp³-hybridized carbons (Fsp3) is 0.238. The van der Waals surface area contributed by atoms with Crippen molar-refractivity contribution in [3.8, 4) is 5.75 Å². The Hall–Kier alpha value is -3.71. The van der Waals surface area contributed by atoms with Crippen molar-refractivity contribution in [1.82, 2.24) is 29.5 Å². The predicted molar refractivity (Wildman–Crippen MR) is 128 cm³/mol. The van der Waals surface area contributed by atoms with Crippen LogP contribution in [0.3, 0.4) is 0 Å². The molecule has 1 aromatic carbocycles. The first kappa shape index (κ1) is 23.4. The summed E-state index contributed by atoms with van der Waals surface area (Å²) in [4.78, 5) is 31.7. The van der Waals surface area contributed by atoms with Crippen LogP contribution < -0.4 is 10.5 Å². The van der Waals surface area contributed by atoms with Gasteiger partial charge in [0.15, 0.2) is 22.1 Å². The van der Waals surface area contributed by atoms with Gasteiger partial charge in [-0.15, -0.1) is 11.3 Å². The average molecular weight is 500 g/mol. The minimum Gasteiger partial charge on any atom is -0.495 e. The number of anilines is 1. The largest absolute Gasteiger partial charge is 0.495 e. The number of benzene rings is 1. The van der Waals surface area contributed by atoms with Crippen LogP contribution in [0.25, 0.3) is 21.4 Å². The summed E-state index contributed by atoms with van der Waals surface area (Å²) in [7, 11) is 1.68. The van der Waals surface area contributed by atoms with Crippen LogP contribution in [0.2, 0.25) is 0 Å². The number of carbonyl (C=O) groups excluding carboxylic acids is 1. The van der Waals surface area contributed by atoms with E-state index in [0.717, 1.165) is 16.0 Å². The SMILES string of the molecule is CC(=O)OCCCn1c(Sc2ncco2)nc2c(N)ncnc21.COc1cccc2ncsc12. The van der Waals surface area contributed by atoms with Gasteiger partial charge in [-0.05, 0) is 18.6 Å². The lowest BCUT2D eigenvalue weighted by Crippen LogP contribution is -2.07. The van der Waals surface area contributed by atoms with Crippen molar-refractivity contribution in [1.29, 1.82) is 0 Å². The highest BCUT2D eigenvalue weighted by Gasteiger charge is 2.17. The number of nitrogen functional groups attached to an aromatic ring is 1. The molecule has 4 aromatic heterocycles. The summed E-state index contributed by atoms with van der Waals surface area (Å²) in [5.74, 6) is 0.912.